The largest absolute Gasteiger partial charge is 0.417 e. The van der Waals surface area contributed by atoms with E-state index in [-0.39, 0.29) is 23.5 Å². The van der Waals surface area contributed by atoms with Crippen LogP contribution in [0.4, 0.5) is 18.9 Å². The zero-order valence-electron chi connectivity index (χ0n) is 18.4. The van der Waals surface area contributed by atoms with Crippen molar-refractivity contribution in [1.29, 1.82) is 0 Å². The molecule has 0 fully saturated rings. The van der Waals surface area contributed by atoms with E-state index >= 15 is 0 Å². The van der Waals surface area contributed by atoms with Crippen LogP contribution in [0.2, 0.25) is 0 Å². The first-order valence-electron chi connectivity index (χ1n) is 10.6. The van der Waals surface area contributed by atoms with Crippen molar-refractivity contribution in [2.45, 2.75) is 38.2 Å². The van der Waals surface area contributed by atoms with Gasteiger partial charge in [0.1, 0.15) is 10.7 Å². The van der Waals surface area contributed by atoms with Gasteiger partial charge in [-0.25, -0.2) is 8.42 Å². The molecule has 2 N–H and O–H groups in total. The molecule has 0 aliphatic heterocycles. The summed E-state index contributed by atoms with van der Waals surface area (Å²) in [7, 11) is -2.57. The van der Waals surface area contributed by atoms with Gasteiger partial charge in [-0.1, -0.05) is 30.3 Å². The second kappa shape index (κ2) is 10.9. The number of hydrogen-bond acceptors (Lipinski definition) is 4. The van der Waals surface area contributed by atoms with Gasteiger partial charge in [-0.05, 0) is 49.1 Å². The van der Waals surface area contributed by atoms with Gasteiger partial charge < -0.3 is 15.0 Å². The topological polar surface area (TPSA) is 88.4 Å². The predicted octanol–water partition coefficient (Wildman–Crippen LogP) is 4.62. The van der Waals surface area contributed by atoms with E-state index in [4.69, 9.17) is 5.11 Å². The molecule has 0 atom stereocenters. The van der Waals surface area contributed by atoms with Gasteiger partial charge in [0, 0.05) is 30.6 Å². The number of amides is 1. The summed E-state index contributed by atoms with van der Waals surface area (Å²) in [5.74, 6) is -0.603. The quantitative estimate of drug-likeness (QED) is 0.299. The molecular weight excluding hydrogens is 469 g/mol. The molecular formula is C24H25F3N2O4S. The summed E-state index contributed by atoms with van der Waals surface area (Å²) in [5, 5.41) is 11.8. The molecule has 2 aromatic carbocycles. The lowest BCUT2D eigenvalue weighted by atomic mass is 10.00. The van der Waals surface area contributed by atoms with E-state index in [2.05, 4.69) is 5.32 Å². The number of aliphatic hydroxyl groups is 1. The van der Waals surface area contributed by atoms with Crippen LogP contribution in [0.5, 0.6) is 0 Å². The zero-order chi connectivity index (χ0) is 24.9. The Morgan fingerprint density at radius 1 is 1.06 bits per heavy atom. The number of anilines is 1. The SMILES string of the molecule is Cc1c(C(=O)Nc2ccc(C[SH](=O)=O)cc2)cn(CCCCO)c1-c1ccccc1C(F)(F)F. The standard InChI is InChI=1S/C24H25F3N2O4S/c1-16-20(23(31)28-18-10-8-17(9-11-18)15-34(32)33)14-29(12-4-5-13-30)22(16)19-6-2-3-7-21(19)24(25,26)27/h2-3,6-11,14,30,34H,4-5,12-13,15H2,1H3,(H,28,31). The highest BCUT2D eigenvalue weighted by atomic mass is 32.2. The number of rotatable bonds is 9. The van der Waals surface area contributed by atoms with Crippen LogP contribution < -0.4 is 5.32 Å². The number of unbranched alkanes of at least 4 members (excludes halogenated alkanes) is 1. The highest BCUT2D eigenvalue weighted by Crippen LogP contribution is 2.39. The summed E-state index contributed by atoms with van der Waals surface area (Å²) >= 11 is 0. The molecule has 0 aliphatic rings. The number of aromatic nitrogens is 1. The van der Waals surface area contributed by atoms with E-state index in [0.29, 0.717) is 41.9 Å². The zero-order valence-corrected chi connectivity index (χ0v) is 19.3. The molecule has 1 heterocycles. The van der Waals surface area contributed by atoms with E-state index in [0.717, 1.165) is 6.07 Å². The number of thiol groups is 1. The van der Waals surface area contributed by atoms with E-state index < -0.39 is 28.4 Å². The number of aliphatic hydroxyl groups excluding tert-OH is 1. The molecule has 3 aromatic rings. The smallest absolute Gasteiger partial charge is 0.396 e. The molecule has 0 saturated carbocycles. The van der Waals surface area contributed by atoms with Crippen molar-refractivity contribution in [3.8, 4) is 11.3 Å². The lowest BCUT2D eigenvalue weighted by Gasteiger charge is -2.16. The Kier molecular flexibility index (Phi) is 8.16. The molecule has 3 rings (SSSR count). The maximum absolute atomic E-state index is 13.7. The highest BCUT2D eigenvalue weighted by molar-refractivity contribution is 7.71. The van der Waals surface area contributed by atoms with Crippen molar-refractivity contribution in [2.24, 2.45) is 0 Å². The average molecular weight is 495 g/mol. The van der Waals surface area contributed by atoms with E-state index in [1.54, 1.807) is 35.8 Å². The summed E-state index contributed by atoms with van der Waals surface area (Å²) in [4.78, 5) is 13.0. The second-order valence-electron chi connectivity index (χ2n) is 7.83. The Hall–Kier alpha value is -3.11. The third-order valence-corrected chi connectivity index (χ3v) is 6.02. The van der Waals surface area contributed by atoms with Crippen LogP contribution in [0, 0.1) is 6.92 Å². The number of benzene rings is 2. The maximum atomic E-state index is 13.7. The Morgan fingerprint density at radius 3 is 2.35 bits per heavy atom. The van der Waals surface area contributed by atoms with Crippen molar-refractivity contribution in [2.75, 3.05) is 11.9 Å². The molecule has 0 bridgehead atoms. The fourth-order valence-corrected chi connectivity index (χ4v) is 4.30. The summed E-state index contributed by atoms with van der Waals surface area (Å²) in [6.45, 7) is 1.89. The summed E-state index contributed by atoms with van der Waals surface area (Å²) in [6, 6.07) is 11.5. The first-order chi connectivity index (χ1) is 16.1. The molecule has 0 aliphatic carbocycles. The minimum Gasteiger partial charge on any atom is -0.396 e. The molecule has 1 aromatic heterocycles. The summed E-state index contributed by atoms with van der Waals surface area (Å²) in [6.07, 6.45) is -2.04. The van der Waals surface area contributed by atoms with Gasteiger partial charge in [0.25, 0.3) is 5.91 Å². The van der Waals surface area contributed by atoms with Crippen molar-refractivity contribution in [1.82, 2.24) is 4.57 Å². The second-order valence-corrected chi connectivity index (χ2v) is 8.81. The number of hydrogen-bond donors (Lipinski definition) is 3. The van der Waals surface area contributed by atoms with Crippen LogP contribution in [0.25, 0.3) is 11.3 Å². The number of nitrogens with one attached hydrogen (secondary N) is 1. The van der Waals surface area contributed by atoms with Gasteiger partial charge >= 0.3 is 6.18 Å². The molecule has 10 heteroatoms. The van der Waals surface area contributed by atoms with E-state index in [9.17, 15) is 26.4 Å². The number of carbonyl (C=O) groups is 1. The van der Waals surface area contributed by atoms with Gasteiger partial charge in [-0.3, -0.25) is 4.79 Å². The first-order valence-corrected chi connectivity index (χ1v) is 12.0. The molecule has 182 valence electrons. The Bertz CT molecular complexity index is 1220. The molecule has 6 nitrogen and oxygen atoms in total. The van der Waals surface area contributed by atoms with Crippen LogP contribution in [0.3, 0.4) is 0 Å². The van der Waals surface area contributed by atoms with Crippen LogP contribution in [0.1, 0.15) is 39.9 Å². The third-order valence-electron chi connectivity index (χ3n) is 5.39. The molecule has 0 unspecified atom stereocenters. The lowest BCUT2D eigenvalue weighted by molar-refractivity contribution is -0.137. The van der Waals surface area contributed by atoms with Gasteiger partial charge in [0.2, 0.25) is 0 Å². The van der Waals surface area contributed by atoms with Gasteiger partial charge in [-0.15, -0.1) is 0 Å². The molecule has 0 saturated heterocycles. The minimum atomic E-state index is -4.57. The first kappa shape index (κ1) is 25.5. The van der Waals surface area contributed by atoms with E-state index in [1.165, 1.54) is 24.4 Å². The maximum Gasteiger partial charge on any atom is 0.417 e. The van der Waals surface area contributed by atoms with Crippen LogP contribution in [0.15, 0.2) is 54.7 Å². The fourth-order valence-electron chi connectivity index (χ4n) is 3.79. The average Bonchev–Trinajstić information content (AvgIpc) is 3.10. The Labute approximate surface area is 197 Å². The number of alkyl halides is 3. The van der Waals surface area contributed by atoms with Gasteiger partial charge in [0.05, 0.1) is 22.6 Å². The molecule has 0 radical (unpaired) electrons. The van der Waals surface area contributed by atoms with Crippen molar-refractivity contribution < 1.29 is 31.5 Å². The lowest BCUT2D eigenvalue weighted by Crippen LogP contribution is -2.12. The van der Waals surface area contributed by atoms with Gasteiger partial charge in [0.15, 0.2) is 0 Å². The summed E-state index contributed by atoms with van der Waals surface area (Å²) in [5.41, 5.74) is 1.11. The van der Waals surface area contributed by atoms with Crippen LogP contribution in [-0.2, 0) is 29.2 Å². The highest BCUT2D eigenvalue weighted by Gasteiger charge is 2.35. The van der Waals surface area contributed by atoms with Crippen molar-refractivity contribution in [3.05, 3.63) is 77.0 Å². The normalized spacial score (nSPS) is 11.7. The van der Waals surface area contributed by atoms with Gasteiger partial charge in [-0.2, -0.15) is 13.2 Å². The molecule has 34 heavy (non-hydrogen) atoms. The Balaban J connectivity index is 1.99. The number of carbonyl (C=O) groups excluding carboxylic acids is 1. The van der Waals surface area contributed by atoms with Crippen LogP contribution in [-0.4, -0.2) is 30.6 Å². The summed E-state index contributed by atoms with van der Waals surface area (Å²) < 4.78 is 64.5. The molecule has 0 spiro atoms. The molecule has 1 amide bonds. The van der Waals surface area contributed by atoms with Crippen LogP contribution >= 0.6 is 0 Å². The van der Waals surface area contributed by atoms with Crippen molar-refractivity contribution in [3.63, 3.8) is 0 Å². The number of halogens is 3. The van der Waals surface area contributed by atoms with Crippen molar-refractivity contribution >= 4 is 22.3 Å². The van der Waals surface area contributed by atoms with E-state index in [1.807, 2.05) is 0 Å². The minimum absolute atomic E-state index is 0.0216. The monoisotopic (exact) mass is 494 g/mol. The predicted molar refractivity (Wildman–Crippen MR) is 124 cm³/mol. The Morgan fingerprint density at radius 2 is 1.74 bits per heavy atom. The fraction of sp³-hybridized carbons (Fsp3) is 0.292. The number of nitrogens with zero attached hydrogens (tertiary/aromatic N) is 1. The third kappa shape index (κ3) is 6.06. The number of aryl methyl sites for hydroxylation is 1.